The fraction of sp³-hybridized carbons (Fsp3) is 1.00. The van der Waals surface area contributed by atoms with Crippen LogP contribution in [0.2, 0.25) is 0 Å². The minimum absolute atomic E-state index is 0.448. The molecule has 1 atom stereocenters. The monoisotopic (exact) mass is 169 g/mol. The lowest BCUT2D eigenvalue weighted by atomic mass is 9.97. The number of rotatable bonds is 2. The SMILES string of the molecule is CC(C)[C@H](C)N1CCCC1(C)C. The molecule has 1 nitrogen and oxygen atoms in total. The van der Waals surface area contributed by atoms with Crippen LogP contribution in [0.3, 0.4) is 0 Å². The second-order valence-electron chi connectivity index (χ2n) is 5.09. The molecule has 0 unspecified atom stereocenters. The predicted octanol–water partition coefficient (Wildman–Crippen LogP) is 2.91. The molecule has 0 N–H and O–H groups in total. The molecular formula is C11H23N. The summed E-state index contributed by atoms with van der Waals surface area (Å²) in [6.07, 6.45) is 2.74. The van der Waals surface area contributed by atoms with Gasteiger partial charge in [0.15, 0.2) is 0 Å². The molecule has 0 saturated carbocycles. The van der Waals surface area contributed by atoms with Crippen molar-refractivity contribution < 1.29 is 0 Å². The van der Waals surface area contributed by atoms with Crippen molar-refractivity contribution in [3.63, 3.8) is 0 Å². The van der Waals surface area contributed by atoms with Crippen LogP contribution in [0.15, 0.2) is 0 Å². The van der Waals surface area contributed by atoms with Crippen LogP contribution in [0.5, 0.6) is 0 Å². The highest BCUT2D eigenvalue weighted by Gasteiger charge is 2.35. The zero-order chi connectivity index (χ0) is 9.35. The molecule has 1 fully saturated rings. The summed E-state index contributed by atoms with van der Waals surface area (Å²) < 4.78 is 0. The Hall–Kier alpha value is -0.0400. The van der Waals surface area contributed by atoms with Gasteiger partial charge in [0, 0.05) is 11.6 Å². The summed E-state index contributed by atoms with van der Waals surface area (Å²) in [5, 5.41) is 0. The Bertz CT molecular complexity index is 149. The first-order chi connectivity index (χ1) is 5.45. The van der Waals surface area contributed by atoms with E-state index in [9.17, 15) is 0 Å². The Balaban J connectivity index is 2.62. The third-order valence-electron chi connectivity index (χ3n) is 3.42. The Labute approximate surface area is 77.1 Å². The van der Waals surface area contributed by atoms with Crippen molar-refractivity contribution in [3.05, 3.63) is 0 Å². The lowest BCUT2D eigenvalue weighted by molar-refractivity contribution is 0.0972. The number of hydrogen-bond donors (Lipinski definition) is 0. The van der Waals surface area contributed by atoms with E-state index in [4.69, 9.17) is 0 Å². The van der Waals surface area contributed by atoms with Crippen molar-refractivity contribution in [1.29, 1.82) is 0 Å². The normalized spacial score (nSPS) is 26.5. The average molecular weight is 169 g/mol. The molecule has 1 heteroatoms. The minimum Gasteiger partial charge on any atom is -0.295 e. The van der Waals surface area contributed by atoms with E-state index in [1.807, 2.05) is 0 Å². The Morgan fingerprint density at radius 1 is 1.17 bits per heavy atom. The quantitative estimate of drug-likeness (QED) is 0.614. The van der Waals surface area contributed by atoms with Gasteiger partial charge in [0.2, 0.25) is 0 Å². The van der Waals surface area contributed by atoms with E-state index in [2.05, 4.69) is 39.5 Å². The second-order valence-corrected chi connectivity index (χ2v) is 5.09. The summed E-state index contributed by atoms with van der Waals surface area (Å²) in [6, 6.07) is 0.738. The zero-order valence-electron chi connectivity index (χ0n) is 9.22. The average Bonchev–Trinajstić information content (AvgIpc) is 2.27. The number of hydrogen-bond acceptors (Lipinski definition) is 1. The molecule has 1 saturated heterocycles. The molecule has 72 valence electrons. The Kier molecular flexibility index (Phi) is 2.82. The van der Waals surface area contributed by atoms with Gasteiger partial charge in [-0.25, -0.2) is 0 Å². The van der Waals surface area contributed by atoms with Gasteiger partial charge in [-0.1, -0.05) is 13.8 Å². The van der Waals surface area contributed by atoms with Crippen LogP contribution in [0.1, 0.15) is 47.5 Å². The molecular weight excluding hydrogens is 146 g/mol. The molecule has 12 heavy (non-hydrogen) atoms. The Morgan fingerprint density at radius 2 is 1.75 bits per heavy atom. The summed E-state index contributed by atoms with van der Waals surface area (Å²) >= 11 is 0. The van der Waals surface area contributed by atoms with Crippen LogP contribution in [0, 0.1) is 5.92 Å². The summed E-state index contributed by atoms with van der Waals surface area (Å²) in [7, 11) is 0. The molecule has 1 aliphatic heterocycles. The molecule has 1 rings (SSSR count). The molecule has 0 bridgehead atoms. The van der Waals surface area contributed by atoms with Crippen molar-refractivity contribution in [1.82, 2.24) is 4.90 Å². The van der Waals surface area contributed by atoms with Gasteiger partial charge < -0.3 is 0 Å². The maximum Gasteiger partial charge on any atom is 0.0156 e. The molecule has 0 amide bonds. The van der Waals surface area contributed by atoms with Gasteiger partial charge >= 0.3 is 0 Å². The smallest absolute Gasteiger partial charge is 0.0156 e. The van der Waals surface area contributed by atoms with Gasteiger partial charge in [-0.2, -0.15) is 0 Å². The number of likely N-dealkylation sites (tertiary alicyclic amines) is 1. The molecule has 0 aromatic carbocycles. The van der Waals surface area contributed by atoms with Crippen LogP contribution >= 0.6 is 0 Å². The maximum atomic E-state index is 2.66. The van der Waals surface area contributed by atoms with Crippen LogP contribution in [0.25, 0.3) is 0 Å². The predicted molar refractivity (Wildman–Crippen MR) is 54.3 cm³/mol. The molecule has 0 aromatic rings. The lowest BCUT2D eigenvalue weighted by Gasteiger charge is -2.38. The van der Waals surface area contributed by atoms with Crippen molar-refractivity contribution in [2.45, 2.75) is 59.0 Å². The van der Waals surface area contributed by atoms with E-state index < -0.39 is 0 Å². The fourth-order valence-corrected chi connectivity index (χ4v) is 2.24. The van der Waals surface area contributed by atoms with Crippen molar-refractivity contribution in [2.75, 3.05) is 6.54 Å². The van der Waals surface area contributed by atoms with Crippen molar-refractivity contribution in [2.24, 2.45) is 5.92 Å². The van der Waals surface area contributed by atoms with Crippen molar-refractivity contribution >= 4 is 0 Å². The van der Waals surface area contributed by atoms with E-state index in [0.717, 1.165) is 12.0 Å². The molecule has 0 aliphatic carbocycles. The minimum atomic E-state index is 0.448. The van der Waals surface area contributed by atoms with E-state index in [0.29, 0.717) is 5.54 Å². The van der Waals surface area contributed by atoms with E-state index in [1.165, 1.54) is 19.4 Å². The van der Waals surface area contributed by atoms with Crippen LogP contribution < -0.4 is 0 Å². The third kappa shape index (κ3) is 1.82. The van der Waals surface area contributed by atoms with Crippen LogP contribution in [0.4, 0.5) is 0 Å². The van der Waals surface area contributed by atoms with Gasteiger partial charge in [-0.15, -0.1) is 0 Å². The molecule has 0 radical (unpaired) electrons. The summed E-state index contributed by atoms with van der Waals surface area (Å²) in [5.74, 6) is 0.780. The molecule has 0 aromatic heterocycles. The first-order valence-corrected chi connectivity index (χ1v) is 5.22. The van der Waals surface area contributed by atoms with Gasteiger partial charge in [0.25, 0.3) is 0 Å². The Morgan fingerprint density at radius 3 is 2.08 bits per heavy atom. The fourth-order valence-electron chi connectivity index (χ4n) is 2.24. The lowest BCUT2D eigenvalue weighted by Crippen LogP contribution is -2.46. The van der Waals surface area contributed by atoms with Crippen LogP contribution in [-0.2, 0) is 0 Å². The number of nitrogens with zero attached hydrogens (tertiary/aromatic N) is 1. The van der Waals surface area contributed by atoms with Gasteiger partial charge in [-0.3, -0.25) is 4.90 Å². The molecule has 1 aliphatic rings. The largest absolute Gasteiger partial charge is 0.295 e. The highest BCUT2D eigenvalue weighted by atomic mass is 15.2. The third-order valence-corrected chi connectivity index (χ3v) is 3.42. The van der Waals surface area contributed by atoms with Gasteiger partial charge in [0.05, 0.1) is 0 Å². The maximum absolute atomic E-state index is 2.66. The summed E-state index contributed by atoms with van der Waals surface area (Å²) in [5.41, 5.74) is 0.448. The molecule has 0 spiro atoms. The first kappa shape index (κ1) is 10.0. The highest BCUT2D eigenvalue weighted by molar-refractivity contribution is 4.91. The van der Waals surface area contributed by atoms with E-state index >= 15 is 0 Å². The first-order valence-electron chi connectivity index (χ1n) is 5.22. The standard InChI is InChI=1S/C11H23N/c1-9(2)10(3)12-8-6-7-11(12,4)5/h9-10H,6-8H2,1-5H3/t10-/m0/s1. The van der Waals surface area contributed by atoms with Gasteiger partial charge in [-0.05, 0) is 46.1 Å². The zero-order valence-corrected chi connectivity index (χ0v) is 9.22. The van der Waals surface area contributed by atoms with Crippen molar-refractivity contribution in [3.8, 4) is 0 Å². The van der Waals surface area contributed by atoms with E-state index in [-0.39, 0.29) is 0 Å². The van der Waals surface area contributed by atoms with Gasteiger partial charge in [0.1, 0.15) is 0 Å². The van der Waals surface area contributed by atoms with Crippen LogP contribution in [-0.4, -0.2) is 23.0 Å². The topological polar surface area (TPSA) is 3.24 Å². The summed E-state index contributed by atoms with van der Waals surface area (Å²) in [4.78, 5) is 2.66. The molecule has 1 heterocycles. The second kappa shape index (κ2) is 3.37. The highest BCUT2D eigenvalue weighted by Crippen LogP contribution is 2.31. The van der Waals surface area contributed by atoms with E-state index in [1.54, 1.807) is 0 Å². The summed E-state index contributed by atoms with van der Waals surface area (Å²) in [6.45, 7) is 13.0.